The first-order valence-corrected chi connectivity index (χ1v) is 13.1. The van der Waals surface area contributed by atoms with E-state index in [-0.39, 0.29) is 37.4 Å². The number of benzene rings is 2. The summed E-state index contributed by atoms with van der Waals surface area (Å²) < 4.78 is 5.37. The van der Waals surface area contributed by atoms with Crippen LogP contribution in [0.2, 0.25) is 5.02 Å². The molecule has 7 heteroatoms. The van der Waals surface area contributed by atoms with Gasteiger partial charge in [0.1, 0.15) is 0 Å². The molecule has 190 valence electrons. The van der Waals surface area contributed by atoms with Gasteiger partial charge in [-0.25, -0.2) is 4.79 Å². The molecule has 0 aromatic heterocycles. The van der Waals surface area contributed by atoms with Gasteiger partial charge in [-0.1, -0.05) is 55.1 Å². The van der Waals surface area contributed by atoms with Crippen molar-refractivity contribution < 1.29 is 19.1 Å². The summed E-state index contributed by atoms with van der Waals surface area (Å²) in [6.07, 6.45) is 5.70. The van der Waals surface area contributed by atoms with Crippen LogP contribution in [0.1, 0.15) is 79.8 Å². The number of allylic oxidation sites excluding steroid dienone is 1. The molecule has 1 aliphatic carbocycles. The Balaban J connectivity index is 1.58. The molecule has 1 fully saturated rings. The fraction of sp³-hybridized carbons (Fsp3) is 0.414. The molecule has 1 unspecified atom stereocenters. The van der Waals surface area contributed by atoms with E-state index in [0.717, 1.165) is 36.8 Å². The van der Waals surface area contributed by atoms with E-state index in [1.807, 2.05) is 30.3 Å². The van der Waals surface area contributed by atoms with Crippen molar-refractivity contribution in [2.24, 2.45) is 0 Å². The molecular formula is C29H33ClN2O4. The molecule has 2 amide bonds. The third-order valence-corrected chi connectivity index (χ3v) is 7.31. The molecule has 1 aliphatic heterocycles. The quantitative estimate of drug-likeness (QED) is 0.483. The zero-order valence-electron chi connectivity index (χ0n) is 20.9. The van der Waals surface area contributed by atoms with Crippen LogP contribution in [0.4, 0.5) is 0 Å². The van der Waals surface area contributed by atoms with Crippen LogP contribution in [0.3, 0.4) is 0 Å². The van der Waals surface area contributed by atoms with Crippen LogP contribution in [0.15, 0.2) is 59.8 Å². The van der Waals surface area contributed by atoms with Gasteiger partial charge < -0.3 is 15.0 Å². The van der Waals surface area contributed by atoms with Gasteiger partial charge in [-0.3, -0.25) is 9.59 Å². The average molecular weight is 509 g/mol. The number of carbonyl (C=O) groups is 3. The van der Waals surface area contributed by atoms with Crippen LogP contribution in [0.5, 0.6) is 0 Å². The zero-order chi connectivity index (χ0) is 25.7. The van der Waals surface area contributed by atoms with E-state index in [1.165, 1.54) is 6.42 Å². The average Bonchev–Trinajstić information content (AvgIpc) is 2.87. The Labute approximate surface area is 217 Å². The number of amides is 2. The molecule has 1 heterocycles. The van der Waals surface area contributed by atoms with Crippen molar-refractivity contribution in [2.45, 2.75) is 70.9 Å². The van der Waals surface area contributed by atoms with Gasteiger partial charge in [0.15, 0.2) is 0 Å². The Morgan fingerprint density at radius 3 is 2.50 bits per heavy atom. The minimum absolute atomic E-state index is 0.0856. The van der Waals surface area contributed by atoms with Gasteiger partial charge in [0.05, 0.1) is 18.7 Å². The SMILES string of the molecule is CCOC(=O)C1=C(C)N(Cc2cccc(C(=O)NC3CCCCC3)c2)C(=O)CC1c1ccc(Cl)cc1. The first kappa shape index (κ1) is 26.0. The van der Waals surface area contributed by atoms with Crippen molar-refractivity contribution in [3.8, 4) is 0 Å². The number of rotatable bonds is 7. The van der Waals surface area contributed by atoms with Crippen molar-refractivity contribution in [1.82, 2.24) is 10.2 Å². The highest BCUT2D eigenvalue weighted by Crippen LogP contribution is 2.38. The van der Waals surface area contributed by atoms with Crippen LogP contribution in [0, 0.1) is 0 Å². The smallest absolute Gasteiger partial charge is 0.336 e. The molecule has 1 N–H and O–H groups in total. The molecule has 0 saturated heterocycles. The van der Waals surface area contributed by atoms with Gasteiger partial charge in [0.2, 0.25) is 5.91 Å². The number of hydrogen-bond acceptors (Lipinski definition) is 4. The van der Waals surface area contributed by atoms with Gasteiger partial charge >= 0.3 is 5.97 Å². The number of hydrogen-bond donors (Lipinski definition) is 1. The summed E-state index contributed by atoms with van der Waals surface area (Å²) in [4.78, 5) is 40.8. The predicted octanol–water partition coefficient (Wildman–Crippen LogP) is 5.76. The lowest BCUT2D eigenvalue weighted by atomic mass is 9.83. The summed E-state index contributed by atoms with van der Waals surface area (Å²) in [6, 6.07) is 14.8. The highest BCUT2D eigenvalue weighted by atomic mass is 35.5. The van der Waals surface area contributed by atoms with Crippen LogP contribution in [-0.4, -0.2) is 35.3 Å². The standard InChI is InChI=1S/C29H33ClN2O4/c1-3-36-29(35)27-19(2)32(26(33)17-25(27)21-12-14-23(30)15-13-21)18-20-8-7-9-22(16-20)28(34)31-24-10-5-4-6-11-24/h7-9,12-16,24-25H,3-6,10-11,17-18H2,1-2H3,(H,31,34). The van der Waals surface area contributed by atoms with E-state index in [9.17, 15) is 14.4 Å². The molecule has 0 spiro atoms. The Morgan fingerprint density at radius 1 is 1.08 bits per heavy atom. The summed E-state index contributed by atoms with van der Waals surface area (Å²) in [7, 11) is 0. The van der Waals surface area contributed by atoms with Crippen molar-refractivity contribution in [3.05, 3.63) is 81.5 Å². The van der Waals surface area contributed by atoms with Crippen molar-refractivity contribution in [1.29, 1.82) is 0 Å². The summed E-state index contributed by atoms with van der Waals surface area (Å²) in [5.41, 5.74) is 3.30. The summed E-state index contributed by atoms with van der Waals surface area (Å²) in [6.45, 7) is 4.06. The van der Waals surface area contributed by atoms with E-state index >= 15 is 0 Å². The number of carbonyl (C=O) groups excluding carboxylic acids is 3. The van der Waals surface area contributed by atoms with Gasteiger partial charge in [-0.2, -0.15) is 0 Å². The Kier molecular flexibility index (Phi) is 8.47. The second-order valence-corrected chi connectivity index (χ2v) is 9.95. The van der Waals surface area contributed by atoms with Gasteiger partial charge in [-0.15, -0.1) is 0 Å². The van der Waals surface area contributed by atoms with Crippen LogP contribution < -0.4 is 5.32 Å². The monoisotopic (exact) mass is 508 g/mol. The minimum atomic E-state index is -0.423. The topological polar surface area (TPSA) is 75.7 Å². The minimum Gasteiger partial charge on any atom is -0.463 e. The van der Waals surface area contributed by atoms with Crippen LogP contribution >= 0.6 is 11.6 Å². The van der Waals surface area contributed by atoms with Crippen LogP contribution in [0.25, 0.3) is 0 Å². The fourth-order valence-corrected chi connectivity index (χ4v) is 5.29. The first-order chi connectivity index (χ1) is 17.4. The Hall–Kier alpha value is -3.12. The maximum absolute atomic E-state index is 13.3. The Bertz CT molecular complexity index is 1150. The number of ether oxygens (including phenoxy) is 1. The molecule has 2 aromatic carbocycles. The molecule has 36 heavy (non-hydrogen) atoms. The van der Waals surface area contributed by atoms with Gasteiger partial charge in [-0.05, 0) is 62.1 Å². The lowest BCUT2D eigenvalue weighted by Crippen LogP contribution is -2.38. The van der Waals surface area contributed by atoms with Crippen molar-refractivity contribution >= 4 is 29.4 Å². The maximum atomic E-state index is 13.3. The summed E-state index contributed by atoms with van der Waals surface area (Å²) in [5.74, 6) is -1.00. The van der Waals surface area contributed by atoms with E-state index < -0.39 is 11.9 Å². The molecule has 2 aliphatic rings. The molecule has 6 nitrogen and oxygen atoms in total. The number of nitrogens with zero attached hydrogens (tertiary/aromatic N) is 1. The highest BCUT2D eigenvalue weighted by molar-refractivity contribution is 6.30. The summed E-state index contributed by atoms with van der Waals surface area (Å²) >= 11 is 6.05. The fourth-order valence-electron chi connectivity index (χ4n) is 5.17. The van der Waals surface area contributed by atoms with Gasteiger partial charge in [0.25, 0.3) is 5.91 Å². The molecule has 2 aromatic rings. The van der Waals surface area contributed by atoms with Gasteiger partial charge in [0, 0.05) is 34.7 Å². The van der Waals surface area contributed by atoms with E-state index in [2.05, 4.69) is 5.32 Å². The zero-order valence-corrected chi connectivity index (χ0v) is 21.6. The summed E-state index contributed by atoms with van der Waals surface area (Å²) in [5, 5.41) is 3.74. The third kappa shape index (κ3) is 5.98. The van der Waals surface area contributed by atoms with E-state index in [1.54, 1.807) is 36.9 Å². The second kappa shape index (κ2) is 11.7. The molecule has 0 radical (unpaired) electrons. The highest BCUT2D eigenvalue weighted by Gasteiger charge is 2.37. The van der Waals surface area contributed by atoms with Crippen LogP contribution in [-0.2, 0) is 20.9 Å². The lowest BCUT2D eigenvalue weighted by Gasteiger charge is -2.34. The maximum Gasteiger partial charge on any atom is 0.336 e. The largest absolute Gasteiger partial charge is 0.463 e. The lowest BCUT2D eigenvalue weighted by molar-refractivity contribution is -0.140. The number of esters is 1. The predicted molar refractivity (Wildman–Crippen MR) is 139 cm³/mol. The normalized spacial score (nSPS) is 18.8. The third-order valence-electron chi connectivity index (χ3n) is 7.06. The number of nitrogens with one attached hydrogen (secondary N) is 1. The Morgan fingerprint density at radius 2 is 1.81 bits per heavy atom. The number of halogens is 1. The molecule has 1 saturated carbocycles. The molecular weight excluding hydrogens is 476 g/mol. The van der Waals surface area contributed by atoms with Crippen molar-refractivity contribution in [2.75, 3.05) is 6.61 Å². The molecule has 4 rings (SSSR count). The van der Waals surface area contributed by atoms with E-state index in [0.29, 0.717) is 21.9 Å². The first-order valence-electron chi connectivity index (χ1n) is 12.7. The van der Waals surface area contributed by atoms with E-state index in [4.69, 9.17) is 16.3 Å². The molecule has 0 bridgehead atoms. The second-order valence-electron chi connectivity index (χ2n) is 9.52. The molecule has 1 atom stereocenters. The van der Waals surface area contributed by atoms with Crippen molar-refractivity contribution in [3.63, 3.8) is 0 Å².